The van der Waals surface area contributed by atoms with Gasteiger partial charge < -0.3 is 4.57 Å². The van der Waals surface area contributed by atoms with Gasteiger partial charge in [0.1, 0.15) is 0 Å². The molecule has 3 heterocycles. The summed E-state index contributed by atoms with van der Waals surface area (Å²) >= 11 is 0. The molecule has 0 radical (unpaired) electrons. The smallest absolute Gasteiger partial charge is 0.300 e. The largest absolute Gasteiger partial charge is 0.332 e. The minimum Gasteiger partial charge on any atom is -0.300 e. The number of imidazole rings is 1. The SMILES string of the molecule is CC(C)n1c(N/N=C\c2ccncc2)nc2c1c(=O)n(C)c(=O)n2C. The van der Waals surface area contributed by atoms with Crippen LogP contribution in [-0.4, -0.2) is 29.9 Å². The zero-order chi connectivity index (χ0) is 18.1. The highest BCUT2D eigenvalue weighted by Crippen LogP contribution is 2.20. The van der Waals surface area contributed by atoms with Crippen molar-refractivity contribution in [3.05, 3.63) is 50.9 Å². The molecule has 9 nitrogen and oxygen atoms in total. The molecule has 0 aliphatic heterocycles. The molecule has 0 atom stereocenters. The number of nitrogens with zero attached hydrogens (tertiary/aromatic N) is 6. The van der Waals surface area contributed by atoms with Crippen molar-refractivity contribution in [3.8, 4) is 0 Å². The van der Waals surface area contributed by atoms with Gasteiger partial charge in [-0.3, -0.25) is 18.9 Å². The van der Waals surface area contributed by atoms with Gasteiger partial charge in [0.2, 0.25) is 5.95 Å². The normalized spacial score (nSPS) is 11.7. The number of aryl methyl sites for hydroxylation is 1. The van der Waals surface area contributed by atoms with Gasteiger partial charge in [0, 0.05) is 32.5 Å². The quantitative estimate of drug-likeness (QED) is 0.560. The molecule has 0 amide bonds. The summed E-state index contributed by atoms with van der Waals surface area (Å²) in [5, 5.41) is 4.17. The number of anilines is 1. The van der Waals surface area contributed by atoms with Gasteiger partial charge in [0.25, 0.3) is 5.56 Å². The fraction of sp³-hybridized carbons (Fsp3) is 0.312. The highest BCUT2D eigenvalue weighted by atomic mass is 16.2. The van der Waals surface area contributed by atoms with Gasteiger partial charge in [-0.05, 0) is 31.5 Å². The summed E-state index contributed by atoms with van der Waals surface area (Å²) in [5.41, 5.74) is 3.62. The molecule has 0 aliphatic carbocycles. The van der Waals surface area contributed by atoms with Crippen LogP contribution in [0.5, 0.6) is 0 Å². The number of nitrogens with one attached hydrogen (secondary N) is 1. The van der Waals surface area contributed by atoms with Gasteiger partial charge in [0.15, 0.2) is 11.2 Å². The molecule has 0 aromatic carbocycles. The van der Waals surface area contributed by atoms with E-state index in [4.69, 9.17) is 0 Å². The van der Waals surface area contributed by atoms with E-state index < -0.39 is 5.69 Å². The fourth-order valence-electron chi connectivity index (χ4n) is 2.61. The number of fused-ring (bicyclic) bond motifs is 1. The van der Waals surface area contributed by atoms with E-state index in [1.54, 1.807) is 30.2 Å². The summed E-state index contributed by atoms with van der Waals surface area (Å²) in [6, 6.07) is 3.58. The Bertz CT molecular complexity index is 1060. The number of hydrogen-bond donors (Lipinski definition) is 1. The van der Waals surface area contributed by atoms with Crippen molar-refractivity contribution in [2.75, 3.05) is 5.43 Å². The lowest BCUT2D eigenvalue weighted by molar-refractivity contribution is 0.615. The Hall–Kier alpha value is -3.23. The second-order valence-corrected chi connectivity index (χ2v) is 5.93. The third kappa shape index (κ3) is 2.84. The van der Waals surface area contributed by atoms with Crippen molar-refractivity contribution in [3.63, 3.8) is 0 Å². The van der Waals surface area contributed by atoms with Crippen molar-refractivity contribution >= 4 is 23.3 Å². The molecular weight excluding hydrogens is 322 g/mol. The van der Waals surface area contributed by atoms with E-state index >= 15 is 0 Å². The Labute approximate surface area is 143 Å². The Morgan fingerprint density at radius 1 is 1.16 bits per heavy atom. The Morgan fingerprint density at radius 2 is 1.84 bits per heavy atom. The van der Waals surface area contributed by atoms with Gasteiger partial charge in [-0.15, -0.1) is 0 Å². The van der Waals surface area contributed by atoms with Crippen LogP contribution in [0.15, 0.2) is 39.2 Å². The van der Waals surface area contributed by atoms with Crippen LogP contribution >= 0.6 is 0 Å². The number of aromatic nitrogens is 5. The van der Waals surface area contributed by atoms with Crippen LogP contribution in [0.2, 0.25) is 0 Å². The van der Waals surface area contributed by atoms with E-state index in [1.807, 2.05) is 26.0 Å². The van der Waals surface area contributed by atoms with E-state index in [0.717, 1.165) is 10.1 Å². The zero-order valence-corrected chi connectivity index (χ0v) is 14.5. The average molecular weight is 341 g/mol. The monoisotopic (exact) mass is 341 g/mol. The van der Waals surface area contributed by atoms with Crippen molar-refractivity contribution < 1.29 is 0 Å². The molecule has 0 saturated heterocycles. The number of rotatable bonds is 4. The van der Waals surface area contributed by atoms with Crippen LogP contribution in [-0.2, 0) is 14.1 Å². The molecule has 3 aromatic rings. The Balaban J connectivity index is 2.12. The van der Waals surface area contributed by atoms with Crippen molar-refractivity contribution in [2.24, 2.45) is 19.2 Å². The third-order valence-corrected chi connectivity index (χ3v) is 3.89. The first kappa shape index (κ1) is 16.6. The first-order valence-electron chi connectivity index (χ1n) is 7.79. The van der Waals surface area contributed by atoms with E-state index in [2.05, 4.69) is 20.5 Å². The summed E-state index contributed by atoms with van der Waals surface area (Å²) in [6.07, 6.45) is 4.97. The third-order valence-electron chi connectivity index (χ3n) is 3.89. The lowest BCUT2D eigenvalue weighted by Gasteiger charge is -2.12. The molecule has 3 aromatic heterocycles. The van der Waals surface area contributed by atoms with E-state index in [1.165, 1.54) is 11.6 Å². The zero-order valence-electron chi connectivity index (χ0n) is 14.5. The molecule has 0 bridgehead atoms. The molecule has 0 aliphatic rings. The maximum absolute atomic E-state index is 12.6. The Morgan fingerprint density at radius 3 is 2.48 bits per heavy atom. The van der Waals surface area contributed by atoms with Crippen LogP contribution in [0, 0.1) is 0 Å². The average Bonchev–Trinajstić information content (AvgIpc) is 2.99. The van der Waals surface area contributed by atoms with Gasteiger partial charge in [-0.1, -0.05) is 0 Å². The van der Waals surface area contributed by atoms with E-state index in [-0.39, 0.29) is 11.6 Å². The van der Waals surface area contributed by atoms with Crippen LogP contribution < -0.4 is 16.7 Å². The number of pyridine rings is 1. The van der Waals surface area contributed by atoms with Crippen molar-refractivity contribution in [1.82, 2.24) is 23.7 Å². The Kier molecular flexibility index (Phi) is 4.22. The van der Waals surface area contributed by atoms with Gasteiger partial charge in [-0.2, -0.15) is 10.1 Å². The van der Waals surface area contributed by atoms with Crippen LogP contribution in [0.3, 0.4) is 0 Å². The molecule has 0 unspecified atom stereocenters. The molecule has 0 saturated carbocycles. The minimum atomic E-state index is -0.419. The predicted molar refractivity (Wildman–Crippen MR) is 96.1 cm³/mol. The lowest BCUT2D eigenvalue weighted by Crippen LogP contribution is -2.37. The summed E-state index contributed by atoms with van der Waals surface area (Å²) in [4.78, 5) is 33.0. The van der Waals surface area contributed by atoms with Crippen LogP contribution in [0.1, 0.15) is 25.5 Å². The second-order valence-electron chi connectivity index (χ2n) is 5.93. The molecule has 25 heavy (non-hydrogen) atoms. The lowest BCUT2D eigenvalue weighted by atomic mass is 10.3. The summed E-state index contributed by atoms with van der Waals surface area (Å²) < 4.78 is 4.17. The number of hydrogen-bond acceptors (Lipinski definition) is 6. The van der Waals surface area contributed by atoms with Crippen molar-refractivity contribution in [2.45, 2.75) is 19.9 Å². The number of hydrazone groups is 1. The molecule has 1 N–H and O–H groups in total. The highest BCUT2D eigenvalue weighted by Gasteiger charge is 2.20. The molecule has 9 heteroatoms. The summed E-state index contributed by atoms with van der Waals surface area (Å²) in [5.74, 6) is 0.397. The molecule has 0 fully saturated rings. The standard InChI is InChI=1S/C16H19N7O2/c1-10(2)23-12-13(21(3)16(25)22(4)14(12)24)19-15(23)20-18-9-11-5-7-17-8-6-11/h5-10H,1-4H3,(H,19,20)/b18-9-. The predicted octanol–water partition coefficient (Wildman–Crippen LogP) is 0.856. The van der Waals surface area contributed by atoms with E-state index in [0.29, 0.717) is 17.1 Å². The van der Waals surface area contributed by atoms with Gasteiger partial charge in [0.05, 0.1) is 6.21 Å². The molecule has 3 rings (SSSR count). The first-order valence-corrected chi connectivity index (χ1v) is 7.79. The topological polar surface area (TPSA) is 99.1 Å². The first-order chi connectivity index (χ1) is 11.9. The molecular formula is C16H19N7O2. The fourth-order valence-corrected chi connectivity index (χ4v) is 2.61. The molecule has 0 spiro atoms. The van der Waals surface area contributed by atoms with E-state index in [9.17, 15) is 9.59 Å². The van der Waals surface area contributed by atoms with Crippen LogP contribution in [0.25, 0.3) is 11.2 Å². The minimum absolute atomic E-state index is 0.0474. The molecule has 130 valence electrons. The van der Waals surface area contributed by atoms with Crippen molar-refractivity contribution in [1.29, 1.82) is 0 Å². The van der Waals surface area contributed by atoms with Gasteiger partial charge >= 0.3 is 5.69 Å². The maximum atomic E-state index is 12.6. The summed E-state index contributed by atoms with van der Waals surface area (Å²) in [6.45, 7) is 3.87. The maximum Gasteiger partial charge on any atom is 0.332 e. The van der Waals surface area contributed by atoms with Gasteiger partial charge in [-0.25, -0.2) is 10.2 Å². The highest BCUT2D eigenvalue weighted by molar-refractivity contribution is 5.80. The second kappa shape index (κ2) is 6.34. The van der Waals surface area contributed by atoms with Crippen LogP contribution in [0.4, 0.5) is 5.95 Å². The summed E-state index contributed by atoms with van der Waals surface area (Å²) in [7, 11) is 3.04.